The molecule has 0 heterocycles. The van der Waals surface area contributed by atoms with Crippen molar-refractivity contribution >= 4 is 17.3 Å². The first kappa shape index (κ1) is 15.3. The summed E-state index contributed by atoms with van der Waals surface area (Å²) >= 11 is 0. The molecule has 1 rings (SSSR count). The van der Waals surface area contributed by atoms with Crippen molar-refractivity contribution in [1.29, 1.82) is 0 Å². The third-order valence-electron chi connectivity index (χ3n) is 2.52. The van der Waals surface area contributed by atoms with Crippen molar-refractivity contribution in [3.8, 4) is 0 Å². The van der Waals surface area contributed by atoms with Crippen LogP contribution in [0.1, 0.15) is 27.7 Å². The Morgan fingerprint density at radius 1 is 1.26 bits per heavy atom. The van der Waals surface area contributed by atoms with E-state index in [1.54, 1.807) is 6.92 Å². The lowest BCUT2D eigenvalue weighted by Gasteiger charge is -2.25. The highest BCUT2D eigenvalue weighted by Gasteiger charge is 2.22. The van der Waals surface area contributed by atoms with Gasteiger partial charge in [0.05, 0.1) is 11.4 Å². The van der Waals surface area contributed by atoms with Crippen LogP contribution in [0.5, 0.6) is 0 Å². The maximum absolute atomic E-state index is 11.9. The Balaban J connectivity index is 2.77. The Morgan fingerprint density at radius 2 is 1.84 bits per heavy atom. The van der Waals surface area contributed by atoms with Gasteiger partial charge < -0.3 is 15.0 Å². The molecule has 0 fully saturated rings. The van der Waals surface area contributed by atoms with Gasteiger partial charge in [0.1, 0.15) is 11.6 Å². The molecular weight excluding hydrogens is 240 g/mol. The van der Waals surface area contributed by atoms with Crippen LogP contribution in [0.4, 0.5) is 11.4 Å². The first-order valence-electron chi connectivity index (χ1n) is 6.46. The quantitative estimate of drug-likeness (QED) is 0.849. The van der Waals surface area contributed by atoms with Crippen LogP contribution in [0.25, 0.3) is 0 Å². The summed E-state index contributed by atoms with van der Waals surface area (Å²) in [5.41, 5.74) is 1.50. The Hall–Kier alpha value is -1.71. The summed E-state index contributed by atoms with van der Waals surface area (Å²) in [6, 6.07) is 7.48. The van der Waals surface area contributed by atoms with Gasteiger partial charge in [-0.05, 0) is 39.8 Å². The van der Waals surface area contributed by atoms with Crippen LogP contribution >= 0.6 is 0 Å². The molecule has 4 nitrogen and oxygen atoms in total. The van der Waals surface area contributed by atoms with Crippen LogP contribution in [0.2, 0.25) is 0 Å². The lowest BCUT2D eigenvalue weighted by atomic mass is 10.2. The standard InChI is InChI=1S/C15H24N2O2/c1-11(14(18)19-15(2,3)4)16-12-9-7-8-10-13(12)17(5)6/h7-11,16H,1-6H3. The molecule has 1 N–H and O–H groups in total. The average Bonchev–Trinajstić information content (AvgIpc) is 2.27. The Bertz CT molecular complexity index is 436. The number of rotatable bonds is 4. The molecule has 0 aliphatic heterocycles. The number of hydrogen-bond donors (Lipinski definition) is 1. The summed E-state index contributed by atoms with van der Waals surface area (Å²) in [5, 5.41) is 3.20. The largest absolute Gasteiger partial charge is 0.458 e. The number of para-hydroxylation sites is 2. The molecule has 1 aromatic rings. The minimum absolute atomic E-state index is 0.249. The Labute approximate surface area is 115 Å². The third kappa shape index (κ3) is 4.81. The van der Waals surface area contributed by atoms with E-state index in [4.69, 9.17) is 4.74 Å². The zero-order chi connectivity index (χ0) is 14.6. The maximum atomic E-state index is 11.9. The number of benzene rings is 1. The van der Waals surface area contributed by atoms with Crippen molar-refractivity contribution in [2.75, 3.05) is 24.3 Å². The monoisotopic (exact) mass is 264 g/mol. The number of carbonyl (C=O) groups is 1. The molecule has 1 atom stereocenters. The van der Waals surface area contributed by atoms with Crippen molar-refractivity contribution < 1.29 is 9.53 Å². The average molecular weight is 264 g/mol. The van der Waals surface area contributed by atoms with Gasteiger partial charge in [-0.15, -0.1) is 0 Å². The minimum atomic E-state index is -0.464. The van der Waals surface area contributed by atoms with E-state index in [-0.39, 0.29) is 12.0 Å². The molecule has 19 heavy (non-hydrogen) atoms. The molecular formula is C15H24N2O2. The van der Waals surface area contributed by atoms with E-state index in [2.05, 4.69) is 5.32 Å². The Kier molecular flexibility index (Phi) is 4.81. The molecule has 0 saturated heterocycles. The van der Waals surface area contributed by atoms with Gasteiger partial charge in [0, 0.05) is 14.1 Å². The number of nitrogens with one attached hydrogen (secondary N) is 1. The van der Waals surface area contributed by atoms with E-state index in [1.165, 1.54) is 0 Å². The summed E-state index contributed by atoms with van der Waals surface area (Å²) in [6.45, 7) is 7.41. The highest BCUT2D eigenvalue weighted by atomic mass is 16.6. The molecule has 0 aliphatic carbocycles. The number of anilines is 2. The fourth-order valence-electron chi connectivity index (χ4n) is 1.67. The topological polar surface area (TPSA) is 41.6 Å². The van der Waals surface area contributed by atoms with Crippen LogP contribution in [0, 0.1) is 0 Å². The number of carbonyl (C=O) groups excluding carboxylic acids is 1. The molecule has 1 unspecified atom stereocenters. The zero-order valence-corrected chi connectivity index (χ0v) is 12.7. The van der Waals surface area contributed by atoms with Crippen molar-refractivity contribution in [2.24, 2.45) is 0 Å². The minimum Gasteiger partial charge on any atom is -0.458 e. The van der Waals surface area contributed by atoms with Crippen LogP contribution in [0.3, 0.4) is 0 Å². The smallest absolute Gasteiger partial charge is 0.328 e. The molecule has 0 amide bonds. The fourth-order valence-corrected chi connectivity index (χ4v) is 1.67. The molecule has 0 saturated carbocycles. The zero-order valence-electron chi connectivity index (χ0n) is 12.7. The number of ether oxygens (including phenoxy) is 1. The van der Waals surface area contributed by atoms with Crippen LogP contribution in [0.15, 0.2) is 24.3 Å². The van der Waals surface area contributed by atoms with Crippen molar-refractivity contribution in [2.45, 2.75) is 39.3 Å². The summed E-state index contributed by atoms with van der Waals surface area (Å²) in [7, 11) is 3.94. The predicted molar refractivity (Wildman–Crippen MR) is 79.7 cm³/mol. The van der Waals surface area contributed by atoms with Gasteiger partial charge in [0.2, 0.25) is 0 Å². The van der Waals surface area contributed by atoms with E-state index in [9.17, 15) is 4.79 Å². The lowest BCUT2D eigenvalue weighted by molar-refractivity contribution is -0.155. The van der Waals surface area contributed by atoms with E-state index < -0.39 is 5.60 Å². The molecule has 4 heteroatoms. The van der Waals surface area contributed by atoms with Gasteiger partial charge in [-0.1, -0.05) is 12.1 Å². The molecule has 0 bridgehead atoms. The van der Waals surface area contributed by atoms with E-state index in [0.717, 1.165) is 11.4 Å². The molecule has 0 spiro atoms. The fraction of sp³-hybridized carbons (Fsp3) is 0.533. The second-order valence-corrected chi connectivity index (χ2v) is 5.81. The van der Waals surface area contributed by atoms with E-state index in [1.807, 2.05) is 64.0 Å². The van der Waals surface area contributed by atoms with Crippen molar-refractivity contribution in [3.63, 3.8) is 0 Å². The summed E-state index contributed by atoms with van der Waals surface area (Å²) in [6.07, 6.45) is 0. The van der Waals surface area contributed by atoms with E-state index >= 15 is 0 Å². The molecule has 106 valence electrons. The van der Waals surface area contributed by atoms with Gasteiger partial charge >= 0.3 is 5.97 Å². The molecule has 0 aliphatic rings. The molecule has 1 aromatic carbocycles. The second-order valence-electron chi connectivity index (χ2n) is 5.81. The third-order valence-corrected chi connectivity index (χ3v) is 2.52. The van der Waals surface area contributed by atoms with Gasteiger partial charge in [0.15, 0.2) is 0 Å². The van der Waals surface area contributed by atoms with E-state index in [0.29, 0.717) is 0 Å². The number of esters is 1. The van der Waals surface area contributed by atoms with Crippen LogP contribution in [-0.4, -0.2) is 31.7 Å². The summed E-state index contributed by atoms with van der Waals surface area (Å²) in [5.74, 6) is -0.249. The van der Waals surface area contributed by atoms with Gasteiger partial charge in [0.25, 0.3) is 0 Å². The van der Waals surface area contributed by atoms with Gasteiger partial charge in [-0.2, -0.15) is 0 Å². The van der Waals surface area contributed by atoms with Gasteiger partial charge in [-0.3, -0.25) is 0 Å². The summed E-state index contributed by atoms with van der Waals surface area (Å²) in [4.78, 5) is 13.9. The van der Waals surface area contributed by atoms with Crippen LogP contribution < -0.4 is 10.2 Å². The Morgan fingerprint density at radius 3 is 2.37 bits per heavy atom. The number of hydrogen-bond acceptors (Lipinski definition) is 4. The second kappa shape index (κ2) is 5.95. The first-order valence-corrected chi connectivity index (χ1v) is 6.46. The maximum Gasteiger partial charge on any atom is 0.328 e. The highest BCUT2D eigenvalue weighted by Crippen LogP contribution is 2.24. The molecule has 0 radical (unpaired) electrons. The summed E-state index contributed by atoms with van der Waals surface area (Å²) < 4.78 is 5.36. The SMILES string of the molecule is CC(Nc1ccccc1N(C)C)C(=O)OC(C)(C)C. The van der Waals surface area contributed by atoms with Gasteiger partial charge in [-0.25, -0.2) is 4.79 Å². The lowest BCUT2D eigenvalue weighted by Crippen LogP contribution is -2.34. The predicted octanol–water partition coefficient (Wildman–Crippen LogP) is 2.89. The van der Waals surface area contributed by atoms with Crippen LogP contribution in [-0.2, 0) is 9.53 Å². The van der Waals surface area contributed by atoms with Crippen molar-refractivity contribution in [1.82, 2.24) is 0 Å². The number of nitrogens with zero attached hydrogens (tertiary/aromatic N) is 1. The molecule has 0 aromatic heterocycles. The highest BCUT2D eigenvalue weighted by molar-refractivity contribution is 5.81. The first-order chi connectivity index (χ1) is 8.70. The van der Waals surface area contributed by atoms with Crippen molar-refractivity contribution in [3.05, 3.63) is 24.3 Å². The normalized spacial score (nSPS) is 12.7.